The van der Waals surface area contributed by atoms with Crippen molar-refractivity contribution in [3.05, 3.63) is 17.8 Å². The third kappa shape index (κ3) is 2.26. The molecule has 0 saturated carbocycles. The molecule has 0 radical (unpaired) electrons. The number of nitrogens with one attached hydrogen (secondary N) is 1. The van der Waals surface area contributed by atoms with Crippen molar-refractivity contribution in [1.29, 1.82) is 0 Å². The molecule has 82 valence electrons. The second-order valence-corrected chi connectivity index (χ2v) is 4.04. The lowest BCUT2D eigenvalue weighted by Crippen LogP contribution is -2.57. The largest absolute Gasteiger partial charge is 0.350 e. The van der Waals surface area contributed by atoms with E-state index in [1.54, 1.807) is 0 Å². The molecule has 4 heteroatoms. The molecule has 0 aromatic carbocycles. The Morgan fingerprint density at radius 1 is 1.40 bits per heavy atom. The lowest BCUT2D eigenvalue weighted by molar-refractivity contribution is 0.409. The van der Waals surface area contributed by atoms with Gasteiger partial charge in [-0.2, -0.15) is 5.10 Å². The van der Waals surface area contributed by atoms with E-state index in [1.165, 1.54) is 0 Å². The first-order chi connectivity index (χ1) is 7.31. The summed E-state index contributed by atoms with van der Waals surface area (Å²) < 4.78 is 0. The summed E-state index contributed by atoms with van der Waals surface area (Å²) in [6, 6.07) is 4.69. The predicted molar refractivity (Wildman–Crippen MR) is 61.1 cm³/mol. The van der Waals surface area contributed by atoms with Crippen molar-refractivity contribution in [2.75, 3.05) is 24.5 Å². The molecular formula is C11H18N4. The van der Waals surface area contributed by atoms with Crippen molar-refractivity contribution in [3.63, 3.8) is 0 Å². The fraction of sp³-hybridized carbons (Fsp3) is 0.636. The maximum atomic E-state index is 4.25. The highest BCUT2D eigenvalue weighted by atomic mass is 15.3. The summed E-state index contributed by atoms with van der Waals surface area (Å²) in [5.74, 6) is 1.01. The van der Waals surface area contributed by atoms with E-state index >= 15 is 0 Å². The predicted octanol–water partition coefficient (Wildman–Crippen LogP) is 0.973. The van der Waals surface area contributed by atoms with E-state index < -0.39 is 0 Å². The average Bonchev–Trinajstić information content (AvgIpc) is 2.16. The van der Waals surface area contributed by atoms with Gasteiger partial charge in [-0.1, -0.05) is 6.92 Å². The van der Waals surface area contributed by atoms with Gasteiger partial charge in [-0.25, -0.2) is 0 Å². The van der Waals surface area contributed by atoms with Crippen LogP contribution in [0.3, 0.4) is 0 Å². The molecule has 0 aliphatic carbocycles. The maximum absolute atomic E-state index is 4.25. The van der Waals surface area contributed by atoms with E-state index in [1.807, 2.05) is 13.0 Å². The molecule has 1 aromatic heterocycles. The van der Waals surface area contributed by atoms with Gasteiger partial charge in [0.2, 0.25) is 0 Å². The SMILES string of the molecule is CCCN(c1ccc(C)nn1)C1CNC1. The van der Waals surface area contributed by atoms with Crippen LogP contribution in [0, 0.1) is 6.92 Å². The van der Waals surface area contributed by atoms with Crippen LogP contribution >= 0.6 is 0 Å². The molecule has 2 rings (SSSR count). The molecule has 0 amide bonds. The minimum atomic E-state index is 0.599. The second kappa shape index (κ2) is 4.57. The van der Waals surface area contributed by atoms with E-state index in [9.17, 15) is 0 Å². The summed E-state index contributed by atoms with van der Waals surface area (Å²) >= 11 is 0. The van der Waals surface area contributed by atoms with Crippen molar-refractivity contribution in [3.8, 4) is 0 Å². The normalized spacial score (nSPS) is 16.1. The first-order valence-electron chi connectivity index (χ1n) is 5.59. The number of hydrogen-bond acceptors (Lipinski definition) is 4. The van der Waals surface area contributed by atoms with E-state index in [2.05, 4.69) is 33.4 Å². The molecule has 1 N–H and O–H groups in total. The molecule has 2 heterocycles. The molecule has 4 nitrogen and oxygen atoms in total. The molecule has 0 unspecified atom stereocenters. The fourth-order valence-corrected chi connectivity index (χ4v) is 1.76. The highest BCUT2D eigenvalue weighted by molar-refractivity contribution is 5.39. The topological polar surface area (TPSA) is 41.1 Å². The van der Waals surface area contributed by atoms with E-state index in [-0.39, 0.29) is 0 Å². The number of aryl methyl sites for hydroxylation is 1. The van der Waals surface area contributed by atoms with Gasteiger partial charge in [0.05, 0.1) is 11.7 Å². The Morgan fingerprint density at radius 3 is 2.67 bits per heavy atom. The van der Waals surface area contributed by atoms with Crippen LogP contribution in [0.4, 0.5) is 5.82 Å². The van der Waals surface area contributed by atoms with Crippen LogP contribution < -0.4 is 10.2 Å². The van der Waals surface area contributed by atoms with Crippen LogP contribution in [0.15, 0.2) is 12.1 Å². The number of nitrogens with zero attached hydrogens (tertiary/aromatic N) is 3. The average molecular weight is 206 g/mol. The Bertz CT molecular complexity index is 305. The fourth-order valence-electron chi connectivity index (χ4n) is 1.76. The lowest BCUT2D eigenvalue weighted by atomic mass is 10.1. The second-order valence-electron chi connectivity index (χ2n) is 4.04. The zero-order chi connectivity index (χ0) is 10.7. The Balaban J connectivity index is 2.12. The molecule has 1 saturated heterocycles. The molecule has 1 aliphatic rings. The van der Waals surface area contributed by atoms with Crippen molar-refractivity contribution in [2.24, 2.45) is 0 Å². The Morgan fingerprint density at radius 2 is 2.20 bits per heavy atom. The quantitative estimate of drug-likeness (QED) is 0.797. The summed E-state index contributed by atoms with van der Waals surface area (Å²) in [5, 5.41) is 11.7. The van der Waals surface area contributed by atoms with Crippen molar-refractivity contribution in [1.82, 2.24) is 15.5 Å². The van der Waals surface area contributed by atoms with Gasteiger partial charge in [0, 0.05) is 19.6 Å². The van der Waals surface area contributed by atoms with Gasteiger partial charge in [-0.05, 0) is 25.5 Å². The van der Waals surface area contributed by atoms with E-state index in [4.69, 9.17) is 0 Å². The first-order valence-corrected chi connectivity index (χ1v) is 5.59. The molecule has 1 fully saturated rings. The zero-order valence-corrected chi connectivity index (χ0v) is 9.40. The van der Waals surface area contributed by atoms with Gasteiger partial charge in [0.15, 0.2) is 5.82 Å². The van der Waals surface area contributed by atoms with Gasteiger partial charge < -0.3 is 10.2 Å². The maximum Gasteiger partial charge on any atom is 0.151 e. The molecule has 0 spiro atoms. The zero-order valence-electron chi connectivity index (χ0n) is 9.40. The lowest BCUT2D eigenvalue weighted by Gasteiger charge is -2.38. The summed E-state index contributed by atoms with van der Waals surface area (Å²) in [4.78, 5) is 2.35. The van der Waals surface area contributed by atoms with Gasteiger partial charge in [-0.3, -0.25) is 0 Å². The van der Waals surface area contributed by atoms with Crippen LogP contribution in [-0.4, -0.2) is 35.9 Å². The van der Waals surface area contributed by atoms with Crippen LogP contribution in [0.1, 0.15) is 19.0 Å². The van der Waals surface area contributed by atoms with E-state index in [0.29, 0.717) is 6.04 Å². The van der Waals surface area contributed by atoms with Gasteiger partial charge in [-0.15, -0.1) is 5.10 Å². The molecule has 1 aromatic rings. The summed E-state index contributed by atoms with van der Waals surface area (Å²) in [5.41, 5.74) is 0.974. The van der Waals surface area contributed by atoms with Gasteiger partial charge in [0.25, 0.3) is 0 Å². The van der Waals surface area contributed by atoms with Crippen LogP contribution in [0.2, 0.25) is 0 Å². The van der Waals surface area contributed by atoms with Crippen molar-refractivity contribution < 1.29 is 0 Å². The smallest absolute Gasteiger partial charge is 0.151 e. The Labute approximate surface area is 90.7 Å². The summed E-state index contributed by atoms with van der Waals surface area (Å²) in [6.45, 7) is 7.35. The third-order valence-electron chi connectivity index (χ3n) is 2.74. The number of aromatic nitrogens is 2. The van der Waals surface area contributed by atoms with Gasteiger partial charge in [0.1, 0.15) is 0 Å². The molecule has 0 bridgehead atoms. The minimum Gasteiger partial charge on any atom is -0.350 e. The van der Waals surface area contributed by atoms with Gasteiger partial charge >= 0.3 is 0 Å². The van der Waals surface area contributed by atoms with Crippen LogP contribution in [0.25, 0.3) is 0 Å². The highest BCUT2D eigenvalue weighted by Gasteiger charge is 2.24. The molecule has 1 aliphatic heterocycles. The third-order valence-corrected chi connectivity index (χ3v) is 2.74. The number of hydrogen-bond donors (Lipinski definition) is 1. The minimum absolute atomic E-state index is 0.599. The van der Waals surface area contributed by atoms with Crippen molar-refractivity contribution in [2.45, 2.75) is 26.3 Å². The number of rotatable bonds is 4. The van der Waals surface area contributed by atoms with Crippen molar-refractivity contribution >= 4 is 5.82 Å². The van der Waals surface area contributed by atoms with E-state index in [0.717, 1.165) is 37.6 Å². The number of anilines is 1. The van der Waals surface area contributed by atoms with Crippen LogP contribution in [0.5, 0.6) is 0 Å². The Kier molecular flexibility index (Phi) is 3.16. The highest BCUT2D eigenvalue weighted by Crippen LogP contribution is 2.16. The molecule has 0 atom stereocenters. The molecular weight excluding hydrogens is 188 g/mol. The first kappa shape index (κ1) is 10.4. The van der Waals surface area contributed by atoms with Crippen LogP contribution in [-0.2, 0) is 0 Å². The Hall–Kier alpha value is -1.16. The molecule has 15 heavy (non-hydrogen) atoms. The standard InChI is InChI=1S/C11H18N4/c1-3-6-15(10-7-12-8-10)11-5-4-9(2)13-14-11/h4-5,10,12H,3,6-8H2,1-2H3. The monoisotopic (exact) mass is 206 g/mol. The summed E-state index contributed by atoms with van der Waals surface area (Å²) in [6.07, 6.45) is 1.14. The summed E-state index contributed by atoms with van der Waals surface area (Å²) in [7, 11) is 0.